The molecule has 0 saturated carbocycles. The summed E-state index contributed by atoms with van der Waals surface area (Å²) >= 11 is 0. The Morgan fingerprint density at radius 2 is 1.52 bits per heavy atom. The van der Waals surface area contributed by atoms with Gasteiger partial charge >= 0.3 is 24.4 Å². The zero-order valence-electron chi connectivity index (χ0n) is 35.6. The number of carbonyl (C=O) groups excluding carboxylic acids is 4. The summed E-state index contributed by atoms with van der Waals surface area (Å²) in [5, 5.41) is 8.70. The van der Waals surface area contributed by atoms with Crippen LogP contribution >= 0.6 is 0 Å². The number of rotatable bonds is 19. The van der Waals surface area contributed by atoms with Gasteiger partial charge in [0.25, 0.3) is 5.91 Å². The molecule has 19 heteroatoms. The van der Waals surface area contributed by atoms with Crippen molar-refractivity contribution in [1.82, 2.24) is 16.0 Å². The normalized spacial score (nSPS) is 16.9. The van der Waals surface area contributed by atoms with E-state index in [-0.39, 0.29) is 35.3 Å². The standard InChI is InChI=1S/C42H57F7N6O6/c1-23(2)31(53-39(59)61-40(6,7)8)21-51-32(24(3)4)38(58)60-22-55-34-25(5)11-9-14-30(34)33(26-12-10-13-28(43)19-26)54-36(37(55)57)52-20-27(15-17-41(44,45)46)29(35(50)56)16-18-42(47,48)49/h9-14,19,23-24,27,29,31-32,36,51-52H,15-18,20-22H2,1-8H3,(H2,50,56)(H,53,59)/t27-,29-,31+,32-,36-/m0/s1. The Morgan fingerprint density at radius 3 is 2.08 bits per heavy atom. The van der Waals surface area contributed by atoms with Crippen LogP contribution in [0.1, 0.15) is 90.8 Å². The van der Waals surface area contributed by atoms with Gasteiger partial charge in [-0.2, -0.15) is 26.3 Å². The second-order valence-corrected chi connectivity index (χ2v) is 16.8. The number of ether oxygens (including phenoxy) is 2. The van der Waals surface area contributed by atoms with Crippen molar-refractivity contribution in [2.24, 2.45) is 34.4 Å². The lowest BCUT2D eigenvalue weighted by molar-refractivity contribution is -0.148. The van der Waals surface area contributed by atoms with Crippen LogP contribution in [-0.2, 0) is 23.9 Å². The van der Waals surface area contributed by atoms with E-state index in [0.717, 1.165) is 11.0 Å². The van der Waals surface area contributed by atoms with Crippen molar-refractivity contribution in [2.45, 2.75) is 117 Å². The maximum atomic E-state index is 14.7. The molecule has 3 amide bonds. The summed E-state index contributed by atoms with van der Waals surface area (Å²) in [5.41, 5.74) is 5.95. The summed E-state index contributed by atoms with van der Waals surface area (Å²) in [6, 6.07) is 8.70. The predicted molar refractivity (Wildman–Crippen MR) is 215 cm³/mol. The van der Waals surface area contributed by atoms with Crippen LogP contribution in [0.5, 0.6) is 0 Å². The number of carbonyl (C=O) groups is 4. The molecule has 0 unspecified atom stereocenters. The zero-order chi connectivity index (χ0) is 46.0. The maximum absolute atomic E-state index is 14.7. The first-order chi connectivity index (χ1) is 28.2. The van der Waals surface area contributed by atoms with E-state index in [1.165, 1.54) is 18.2 Å². The Hall–Kier alpha value is -4.78. The highest BCUT2D eigenvalue weighted by molar-refractivity contribution is 6.20. The minimum atomic E-state index is -4.74. The number of hydrogen-bond donors (Lipinski definition) is 4. The number of anilines is 1. The first-order valence-electron chi connectivity index (χ1n) is 20.0. The number of aliphatic imine (C=N–C) groups is 1. The number of aryl methyl sites for hydroxylation is 1. The van der Waals surface area contributed by atoms with Crippen molar-refractivity contribution >= 4 is 35.3 Å². The number of benzene rings is 2. The topological polar surface area (TPSA) is 164 Å². The summed E-state index contributed by atoms with van der Waals surface area (Å²) in [6.07, 6.45) is -16.5. The van der Waals surface area contributed by atoms with Crippen LogP contribution in [-0.4, -0.2) is 85.6 Å². The summed E-state index contributed by atoms with van der Waals surface area (Å²) < 4.78 is 106. The van der Waals surface area contributed by atoms with Crippen molar-refractivity contribution in [3.05, 3.63) is 65.0 Å². The molecule has 3 rings (SSSR count). The van der Waals surface area contributed by atoms with Gasteiger partial charge in [0.1, 0.15) is 17.5 Å². The molecule has 0 aromatic heterocycles. The number of nitrogens with two attached hydrogens (primary N) is 1. The van der Waals surface area contributed by atoms with Gasteiger partial charge in [0.2, 0.25) is 5.91 Å². The quantitative estimate of drug-likeness (QED) is 0.0844. The number of esters is 1. The number of halogens is 7. The van der Waals surface area contributed by atoms with E-state index >= 15 is 0 Å². The predicted octanol–water partition coefficient (Wildman–Crippen LogP) is 7.30. The SMILES string of the molecule is Cc1cccc2c1N(COC(=O)[C@@H](NC[C@@H](NC(=O)OC(C)(C)C)C(C)C)C(C)C)C(=O)[C@@H](NC[C@H](CCC(F)(F)F)[C@H](CCC(F)(F)F)C(N)=O)N=C2c1cccc(F)c1. The molecule has 2 aromatic rings. The summed E-state index contributed by atoms with van der Waals surface area (Å²) in [5.74, 6) is -7.13. The lowest BCUT2D eigenvalue weighted by Gasteiger charge is -2.30. The second-order valence-electron chi connectivity index (χ2n) is 16.8. The molecule has 5 atom stereocenters. The number of amides is 3. The molecule has 0 fully saturated rings. The number of para-hydroxylation sites is 1. The van der Waals surface area contributed by atoms with E-state index in [1.54, 1.807) is 59.7 Å². The van der Waals surface area contributed by atoms with Gasteiger partial charge in [0, 0.05) is 49.0 Å². The molecule has 61 heavy (non-hydrogen) atoms. The lowest BCUT2D eigenvalue weighted by Crippen LogP contribution is -2.53. The van der Waals surface area contributed by atoms with Crippen LogP contribution in [0.2, 0.25) is 0 Å². The van der Waals surface area contributed by atoms with E-state index in [9.17, 15) is 49.9 Å². The van der Waals surface area contributed by atoms with Gasteiger partial charge in [0.15, 0.2) is 12.9 Å². The van der Waals surface area contributed by atoms with Crippen molar-refractivity contribution in [3.8, 4) is 0 Å². The first-order valence-corrected chi connectivity index (χ1v) is 20.0. The van der Waals surface area contributed by atoms with Crippen LogP contribution in [0.4, 0.5) is 41.2 Å². The van der Waals surface area contributed by atoms with E-state index in [1.807, 2.05) is 13.8 Å². The number of nitrogens with zero attached hydrogens (tertiary/aromatic N) is 2. The van der Waals surface area contributed by atoms with Crippen molar-refractivity contribution < 1.29 is 59.4 Å². The fourth-order valence-electron chi connectivity index (χ4n) is 6.81. The van der Waals surface area contributed by atoms with Crippen LogP contribution in [0.25, 0.3) is 0 Å². The highest BCUT2D eigenvalue weighted by Gasteiger charge is 2.39. The van der Waals surface area contributed by atoms with Gasteiger partial charge in [-0.05, 0) is 76.0 Å². The van der Waals surface area contributed by atoms with Crippen molar-refractivity contribution in [2.75, 3.05) is 24.7 Å². The molecule has 0 aliphatic carbocycles. The molecule has 0 radical (unpaired) electrons. The first kappa shape index (κ1) is 50.6. The van der Waals surface area contributed by atoms with E-state index in [4.69, 9.17) is 15.2 Å². The highest BCUT2D eigenvalue weighted by atomic mass is 19.4. The Bertz CT molecular complexity index is 1860. The van der Waals surface area contributed by atoms with Crippen LogP contribution < -0.4 is 26.6 Å². The fourth-order valence-corrected chi connectivity index (χ4v) is 6.81. The Morgan fingerprint density at radius 1 is 0.902 bits per heavy atom. The number of alkyl carbamates (subject to hydrolysis) is 1. The Kier molecular flexibility index (Phi) is 17.7. The average Bonchev–Trinajstić information content (AvgIpc) is 3.23. The molecular formula is C42H57F7N6O6. The minimum Gasteiger partial charge on any atom is -0.444 e. The Balaban J connectivity index is 2.02. The molecule has 0 spiro atoms. The van der Waals surface area contributed by atoms with Crippen molar-refractivity contribution in [3.63, 3.8) is 0 Å². The zero-order valence-corrected chi connectivity index (χ0v) is 35.6. The monoisotopic (exact) mass is 874 g/mol. The summed E-state index contributed by atoms with van der Waals surface area (Å²) in [7, 11) is 0. The van der Waals surface area contributed by atoms with Crippen LogP contribution in [0, 0.1) is 36.4 Å². The number of benzodiazepines with no additional fused rings is 1. The molecule has 340 valence electrons. The van der Waals surface area contributed by atoms with Crippen LogP contribution in [0.15, 0.2) is 47.5 Å². The molecule has 2 aromatic carbocycles. The third kappa shape index (κ3) is 15.9. The number of hydrogen-bond acceptors (Lipinski definition) is 9. The maximum Gasteiger partial charge on any atom is 0.407 e. The smallest absolute Gasteiger partial charge is 0.407 e. The fraction of sp³-hybridized carbons (Fsp3) is 0.595. The van der Waals surface area contributed by atoms with Crippen molar-refractivity contribution in [1.29, 1.82) is 0 Å². The molecule has 5 N–H and O–H groups in total. The van der Waals surface area contributed by atoms with E-state index in [0.29, 0.717) is 11.1 Å². The molecule has 0 saturated heterocycles. The molecule has 0 bridgehead atoms. The van der Waals surface area contributed by atoms with Gasteiger partial charge in [-0.15, -0.1) is 0 Å². The van der Waals surface area contributed by atoms with Gasteiger partial charge in [-0.3, -0.25) is 29.6 Å². The third-order valence-corrected chi connectivity index (χ3v) is 9.99. The van der Waals surface area contributed by atoms with Gasteiger partial charge in [-0.25, -0.2) is 9.18 Å². The number of fused-ring (bicyclic) bond motifs is 1. The molecule has 12 nitrogen and oxygen atoms in total. The highest BCUT2D eigenvalue weighted by Crippen LogP contribution is 2.34. The third-order valence-electron chi connectivity index (χ3n) is 9.99. The molecule has 1 aliphatic heterocycles. The number of alkyl halides is 6. The van der Waals surface area contributed by atoms with Gasteiger partial charge in [0.05, 0.1) is 11.4 Å². The Labute approximate surface area is 351 Å². The lowest BCUT2D eigenvalue weighted by atomic mass is 9.84. The molecule has 1 heterocycles. The van der Waals surface area contributed by atoms with Gasteiger partial charge < -0.3 is 25.8 Å². The summed E-state index contributed by atoms with van der Waals surface area (Å²) in [6.45, 7) is 12.9. The largest absolute Gasteiger partial charge is 0.444 e. The minimum absolute atomic E-state index is 0.0622. The van der Waals surface area contributed by atoms with Crippen LogP contribution in [0.3, 0.4) is 0 Å². The second kappa shape index (κ2) is 21.3. The average molecular weight is 875 g/mol. The number of nitrogens with one attached hydrogen (secondary N) is 3. The molecule has 1 aliphatic rings. The molecular weight excluding hydrogens is 817 g/mol. The number of primary amides is 1. The van der Waals surface area contributed by atoms with E-state index < -0.39 is 117 Å². The summed E-state index contributed by atoms with van der Waals surface area (Å²) in [4.78, 5) is 59.1. The van der Waals surface area contributed by atoms with E-state index in [2.05, 4.69) is 20.9 Å². The van der Waals surface area contributed by atoms with Gasteiger partial charge in [-0.1, -0.05) is 58.0 Å².